The third kappa shape index (κ3) is 5.41. The molecule has 1 amide bonds. The average Bonchev–Trinajstić information content (AvgIpc) is 3.57. The van der Waals surface area contributed by atoms with Crippen LogP contribution in [0, 0.1) is 12.3 Å². The molecule has 8 nitrogen and oxygen atoms in total. The van der Waals surface area contributed by atoms with Crippen molar-refractivity contribution >= 4 is 62.7 Å². The van der Waals surface area contributed by atoms with E-state index in [2.05, 4.69) is 10.1 Å². The number of nitrogens with zero attached hydrogens (tertiary/aromatic N) is 3. The second kappa shape index (κ2) is 10.8. The summed E-state index contributed by atoms with van der Waals surface area (Å²) in [7, 11) is 1.54. The van der Waals surface area contributed by atoms with E-state index in [1.165, 1.54) is 16.8 Å². The Hall–Kier alpha value is -3.60. The molecule has 37 heavy (non-hydrogen) atoms. The minimum Gasteiger partial charge on any atom is -0.493 e. The first-order chi connectivity index (χ1) is 17.9. The number of hydrogen-bond acceptors (Lipinski definition) is 8. The minimum absolute atomic E-state index is 0.0251. The third-order valence-corrected chi connectivity index (χ3v) is 7.80. The number of carbonyl (C=O) groups excluding carboxylic acids is 1. The summed E-state index contributed by atoms with van der Waals surface area (Å²) in [6.07, 6.45) is 1.60. The first-order valence-corrected chi connectivity index (χ1v) is 13.2. The lowest BCUT2D eigenvalue weighted by Gasteiger charge is -2.20. The quantitative estimate of drug-likeness (QED) is 0.278. The average molecular weight is 553 g/mol. The fourth-order valence-corrected chi connectivity index (χ4v) is 5.37. The second-order valence-electron chi connectivity index (χ2n) is 7.92. The lowest BCUT2D eigenvalue weighted by molar-refractivity contribution is -0.114. The van der Waals surface area contributed by atoms with Gasteiger partial charge in [-0.25, -0.2) is 0 Å². The lowest BCUT2D eigenvalue weighted by Crippen LogP contribution is -2.35. The summed E-state index contributed by atoms with van der Waals surface area (Å²) in [5, 5.41) is 18.2. The van der Waals surface area contributed by atoms with Crippen LogP contribution in [0.4, 0.5) is 0 Å². The maximum Gasteiger partial charge on any atom is 0.283 e. The molecule has 0 spiro atoms. The number of hydrazone groups is 1. The van der Waals surface area contributed by atoms with Gasteiger partial charge in [-0.1, -0.05) is 23.7 Å². The Morgan fingerprint density at radius 3 is 2.70 bits per heavy atom. The summed E-state index contributed by atoms with van der Waals surface area (Å²) in [6, 6.07) is 14.6. The van der Waals surface area contributed by atoms with E-state index in [1.54, 1.807) is 48.8 Å². The maximum absolute atomic E-state index is 12.7. The molecule has 0 saturated carbocycles. The SMILES string of the molecule is COc1cc(/C=C2\C(=N)N3N=C(c4cccs4)SC3=NC2=O)ccc1OCCOc1ccc(Cl)c(C)c1. The molecular formula is C26H21ClN4O4S2. The van der Waals surface area contributed by atoms with Crippen molar-refractivity contribution in [2.45, 2.75) is 6.92 Å². The molecule has 1 aromatic heterocycles. The van der Waals surface area contributed by atoms with E-state index in [0.717, 1.165) is 10.4 Å². The van der Waals surface area contributed by atoms with Crippen molar-refractivity contribution < 1.29 is 19.0 Å². The number of amidine groups is 2. The van der Waals surface area contributed by atoms with Gasteiger partial charge in [0.15, 0.2) is 17.3 Å². The number of rotatable bonds is 8. The number of halogens is 1. The molecule has 0 fully saturated rings. The number of nitrogens with one attached hydrogen (secondary N) is 1. The Kier molecular flexibility index (Phi) is 7.31. The van der Waals surface area contributed by atoms with Crippen molar-refractivity contribution in [3.63, 3.8) is 0 Å². The number of aryl methyl sites for hydroxylation is 1. The summed E-state index contributed by atoms with van der Waals surface area (Å²) in [4.78, 5) is 17.8. The van der Waals surface area contributed by atoms with Crippen molar-refractivity contribution in [2.24, 2.45) is 10.1 Å². The predicted molar refractivity (Wildman–Crippen MR) is 149 cm³/mol. The number of carbonyl (C=O) groups is 1. The van der Waals surface area contributed by atoms with Crippen LogP contribution in [-0.2, 0) is 4.79 Å². The van der Waals surface area contributed by atoms with Gasteiger partial charge in [0.05, 0.1) is 17.6 Å². The van der Waals surface area contributed by atoms with Crippen LogP contribution < -0.4 is 14.2 Å². The molecule has 5 rings (SSSR count). The molecule has 3 heterocycles. The zero-order valence-corrected chi connectivity index (χ0v) is 22.2. The summed E-state index contributed by atoms with van der Waals surface area (Å²) in [6.45, 7) is 2.56. The number of fused-ring (bicyclic) bond motifs is 1. The first kappa shape index (κ1) is 25.1. The van der Waals surface area contributed by atoms with Crippen LogP contribution in [0.25, 0.3) is 6.08 Å². The molecule has 11 heteroatoms. The summed E-state index contributed by atoms with van der Waals surface area (Å²) >= 11 is 8.87. The summed E-state index contributed by atoms with van der Waals surface area (Å²) < 4.78 is 17.1. The highest BCUT2D eigenvalue weighted by Crippen LogP contribution is 2.33. The van der Waals surface area contributed by atoms with Gasteiger partial charge in [-0.3, -0.25) is 10.2 Å². The van der Waals surface area contributed by atoms with Gasteiger partial charge in [-0.2, -0.15) is 15.1 Å². The van der Waals surface area contributed by atoms with E-state index in [9.17, 15) is 4.79 Å². The van der Waals surface area contributed by atoms with Crippen LogP contribution in [-0.4, -0.2) is 47.3 Å². The monoisotopic (exact) mass is 552 g/mol. The summed E-state index contributed by atoms with van der Waals surface area (Å²) in [5.74, 6) is 1.23. The molecule has 0 unspecified atom stereocenters. The number of hydrogen-bond donors (Lipinski definition) is 1. The fraction of sp³-hybridized carbons (Fsp3) is 0.154. The van der Waals surface area contributed by atoms with Crippen LogP contribution in [0.2, 0.25) is 5.02 Å². The van der Waals surface area contributed by atoms with E-state index >= 15 is 0 Å². The molecule has 0 atom stereocenters. The molecule has 0 aliphatic carbocycles. The molecule has 2 aliphatic rings. The van der Waals surface area contributed by atoms with Crippen molar-refractivity contribution in [3.8, 4) is 17.2 Å². The van der Waals surface area contributed by atoms with Crippen molar-refractivity contribution in [2.75, 3.05) is 20.3 Å². The van der Waals surface area contributed by atoms with Crippen molar-refractivity contribution in [1.82, 2.24) is 5.01 Å². The minimum atomic E-state index is -0.486. The Bertz CT molecular complexity index is 1470. The first-order valence-electron chi connectivity index (χ1n) is 11.2. The molecular weight excluding hydrogens is 532 g/mol. The smallest absolute Gasteiger partial charge is 0.283 e. The zero-order valence-electron chi connectivity index (χ0n) is 19.9. The van der Waals surface area contributed by atoms with Crippen LogP contribution in [0.3, 0.4) is 0 Å². The fourth-order valence-electron chi connectivity index (χ4n) is 3.57. The largest absolute Gasteiger partial charge is 0.493 e. The van der Waals surface area contributed by atoms with Gasteiger partial charge >= 0.3 is 0 Å². The standard InChI is InChI=1S/C26H21ClN4O4S2/c1-15-12-17(6-7-19(15)27)34-9-10-35-20-8-5-16(14-21(20)33-2)13-18-23(28)31-26(29-24(18)32)37-25(30-31)22-4-3-11-36-22/h3-8,11-14,28H,9-10H2,1-2H3/b18-13+,28-23?. The Morgan fingerprint density at radius 1 is 1.11 bits per heavy atom. The predicted octanol–water partition coefficient (Wildman–Crippen LogP) is 5.84. The molecule has 2 aromatic carbocycles. The van der Waals surface area contributed by atoms with Gasteiger partial charge < -0.3 is 14.2 Å². The Morgan fingerprint density at radius 2 is 1.95 bits per heavy atom. The van der Waals surface area contributed by atoms with Gasteiger partial charge in [-0.15, -0.1) is 11.3 Å². The number of aliphatic imine (C=N–C) groups is 1. The van der Waals surface area contributed by atoms with E-state index in [-0.39, 0.29) is 11.4 Å². The topological polar surface area (TPSA) is 96.6 Å². The molecule has 0 saturated heterocycles. The highest BCUT2D eigenvalue weighted by atomic mass is 35.5. The van der Waals surface area contributed by atoms with Gasteiger partial charge in [-0.05, 0) is 77.7 Å². The Balaban J connectivity index is 1.27. The number of ether oxygens (including phenoxy) is 3. The highest BCUT2D eigenvalue weighted by molar-refractivity contribution is 8.27. The van der Waals surface area contributed by atoms with E-state index < -0.39 is 5.91 Å². The van der Waals surface area contributed by atoms with Crippen LogP contribution in [0.15, 0.2) is 69.6 Å². The normalized spacial score (nSPS) is 16.0. The van der Waals surface area contributed by atoms with Crippen molar-refractivity contribution in [1.29, 1.82) is 5.41 Å². The second-order valence-corrected chi connectivity index (χ2v) is 10.2. The summed E-state index contributed by atoms with van der Waals surface area (Å²) in [5.41, 5.74) is 1.75. The molecule has 2 aliphatic heterocycles. The van der Waals surface area contributed by atoms with E-state index in [0.29, 0.717) is 51.3 Å². The van der Waals surface area contributed by atoms with Gasteiger partial charge in [0.2, 0.25) is 5.17 Å². The van der Waals surface area contributed by atoms with Gasteiger partial charge in [0.1, 0.15) is 24.0 Å². The number of thiophene rings is 1. The zero-order chi connectivity index (χ0) is 25.9. The molecule has 0 bridgehead atoms. The van der Waals surface area contributed by atoms with Crippen molar-refractivity contribution in [3.05, 3.63) is 80.5 Å². The van der Waals surface area contributed by atoms with Gasteiger partial charge in [0.25, 0.3) is 5.91 Å². The number of thioether (sulfide) groups is 1. The Labute approximate surface area is 226 Å². The lowest BCUT2D eigenvalue weighted by atomic mass is 10.1. The molecule has 1 N–H and O–H groups in total. The van der Waals surface area contributed by atoms with E-state index in [1.807, 2.05) is 36.6 Å². The third-order valence-electron chi connectivity index (χ3n) is 5.42. The van der Waals surface area contributed by atoms with Crippen LogP contribution >= 0.6 is 34.7 Å². The van der Waals surface area contributed by atoms with Gasteiger partial charge in [0, 0.05) is 5.02 Å². The van der Waals surface area contributed by atoms with Crippen LogP contribution in [0.1, 0.15) is 16.0 Å². The molecule has 188 valence electrons. The molecule has 3 aromatic rings. The van der Waals surface area contributed by atoms with E-state index in [4.69, 9.17) is 31.2 Å². The maximum atomic E-state index is 12.7. The highest BCUT2D eigenvalue weighted by Gasteiger charge is 2.36. The van der Waals surface area contributed by atoms with Crippen LogP contribution in [0.5, 0.6) is 17.2 Å². The number of amides is 1. The number of methoxy groups -OCH3 is 1. The number of benzene rings is 2. The molecule has 0 radical (unpaired) electrons.